The van der Waals surface area contributed by atoms with Crippen molar-refractivity contribution in [3.8, 4) is 0 Å². The first-order chi connectivity index (χ1) is 9.15. The van der Waals surface area contributed by atoms with Crippen molar-refractivity contribution in [3.05, 3.63) is 48.4 Å². The summed E-state index contributed by atoms with van der Waals surface area (Å²) in [6.45, 7) is 0.409. The molecule has 2 N–H and O–H groups in total. The standard InChI is InChI=1S/C13H13N3O3/c17-12(4-5-13(18)19)14-7-6-10-9-16-8-2-1-3-11(16)15-10/h1-5,8-9H,6-7H2,(H,14,17)(H,18,19)/b5-4+. The zero-order chi connectivity index (χ0) is 13.7. The summed E-state index contributed by atoms with van der Waals surface area (Å²) in [4.78, 5) is 25.8. The summed E-state index contributed by atoms with van der Waals surface area (Å²) in [6, 6.07) is 5.72. The maximum absolute atomic E-state index is 11.2. The van der Waals surface area contributed by atoms with Crippen molar-refractivity contribution >= 4 is 17.5 Å². The van der Waals surface area contributed by atoms with Crippen LogP contribution in [0, 0.1) is 0 Å². The average molecular weight is 259 g/mol. The Balaban J connectivity index is 1.85. The summed E-state index contributed by atoms with van der Waals surface area (Å²) < 4.78 is 1.90. The zero-order valence-electron chi connectivity index (χ0n) is 10.1. The van der Waals surface area contributed by atoms with Gasteiger partial charge in [-0.1, -0.05) is 6.07 Å². The monoisotopic (exact) mass is 259 g/mol. The van der Waals surface area contributed by atoms with Gasteiger partial charge in [0.2, 0.25) is 5.91 Å². The minimum Gasteiger partial charge on any atom is -0.478 e. The molecular formula is C13H13N3O3. The van der Waals surface area contributed by atoms with E-state index in [1.54, 1.807) is 0 Å². The molecule has 98 valence electrons. The Morgan fingerprint density at radius 2 is 2.21 bits per heavy atom. The summed E-state index contributed by atoms with van der Waals surface area (Å²) >= 11 is 0. The number of carboxylic acid groups (broad SMARTS) is 1. The van der Waals surface area contributed by atoms with Crippen LogP contribution < -0.4 is 5.32 Å². The van der Waals surface area contributed by atoms with Gasteiger partial charge in [-0.3, -0.25) is 4.79 Å². The topological polar surface area (TPSA) is 83.7 Å². The average Bonchev–Trinajstić information content (AvgIpc) is 2.79. The molecule has 6 heteroatoms. The largest absolute Gasteiger partial charge is 0.478 e. The molecule has 0 aliphatic heterocycles. The highest BCUT2D eigenvalue weighted by Crippen LogP contribution is 2.04. The van der Waals surface area contributed by atoms with Crippen molar-refractivity contribution in [2.75, 3.05) is 6.54 Å². The Morgan fingerprint density at radius 3 is 2.95 bits per heavy atom. The summed E-state index contributed by atoms with van der Waals surface area (Å²) in [6.07, 6.45) is 6.19. The van der Waals surface area contributed by atoms with Gasteiger partial charge in [0.15, 0.2) is 0 Å². The van der Waals surface area contributed by atoms with Gasteiger partial charge >= 0.3 is 5.97 Å². The fraction of sp³-hybridized carbons (Fsp3) is 0.154. The molecule has 0 spiro atoms. The Kier molecular flexibility index (Phi) is 3.92. The molecule has 0 aromatic carbocycles. The molecule has 0 bridgehead atoms. The Hall–Kier alpha value is -2.63. The van der Waals surface area contributed by atoms with Crippen molar-refractivity contribution in [1.29, 1.82) is 0 Å². The molecule has 0 saturated heterocycles. The number of carboxylic acids is 1. The molecular weight excluding hydrogens is 246 g/mol. The van der Waals surface area contributed by atoms with Crippen molar-refractivity contribution in [2.24, 2.45) is 0 Å². The molecule has 1 amide bonds. The second-order valence-corrected chi connectivity index (χ2v) is 3.91. The second kappa shape index (κ2) is 5.81. The van der Waals surface area contributed by atoms with E-state index in [0.717, 1.165) is 23.5 Å². The van der Waals surface area contributed by atoms with Gasteiger partial charge in [-0.25, -0.2) is 9.78 Å². The maximum Gasteiger partial charge on any atom is 0.328 e. The highest BCUT2D eigenvalue weighted by molar-refractivity contribution is 5.93. The second-order valence-electron chi connectivity index (χ2n) is 3.91. The lowest BCUT2D eigenvalue weighted by atomic mass is 10.3. The number of amides is 1. The number of aromatic nitrogens is 2. The van der Waals surface area contributed by atoms with Crippen LogP contribution in [-0.4, -0.2) is 32.9 Å². The lowest BCUT2D eigenvalue weighted by Gasteiger charge is -1.98. The number of pyridine rings is 1. The minimum atomic E-state index is -1.14. The quantitative estimate of drug-likeness (QED) is 0.771. The number of nitrogens with one attached hydrogen (secondary N) is 1. The van der Waals surface area contributed by atoms with E-state index >= 15 is 0 Å². The van der Waals surface area contributed by atoms with Crippen molar-refractivity contribution in [3.63, 3.8) is 0 Å². The third-order valence-electron chi connectivity index (χ3n) is 2.47. The van der Waals surface area contributed by atoms with Crippen LogP contribution in [0.2, 0.25) is 0 Å². The molecule has 0 saturated carbocycles. The van der Waals surface area contributed by atoms with E-state index < -0.39 is 11.9 Å². The van der Waals surface area contributed by atoms with Crippen LogP contribution in [0.4, 0.5) is 0 Å². The number of aliphatic carboxylic acids is 1. The molecule has 2 aromatic heterocycles. The summed E-state index contributed by atoms with van der Waals surface area (Å²) in [7, 11) is 0. The van der Waals surface area contributed by atoms with E-state index in [-0.39, 0.29) is 0 Å². The molecule has 0 aliphatic rings. The first kappa shape index (κ1) is 12.8. The lowest BCUT2D eigenvalue weighted by Crippen LogP contribution is -2.23. The molecule has 0 fully saturated rings. The van der Waals surface area contributed by atoms with Gasteiger partial charge in [0.1, 0.15) is 5.65 Å². The van der Waals surface area contributed by atoms with E-state index in [2.05, 4.69) is 10.3 Å². The normalized spacial score (nSPS) is 10.9. The van der Waals surface area contributed by atoms with Gasteiger partial charge in [0.25, 0.3) is 0 Å². The molecule has 2 rings (SSSR count). The van der Waals surface area contributed by atoms with Gasteiger partial charge < -0.3 is 14.8 Å². The third-order valence-corrected chi connectivity index (χ3v) is 2.47. The molecule has 2 aromatic rings. The first-order valence-corrected chi connectivity index (χ1v) is 5.76. The number of fused-ring (bicyclic) bond motifs is 1. The molecule has 2 heterocycles. The van der Waals surface area contributed by atoms with Crippen LogP contribution in [0.25, 0.3) is 5.65 Å². The lowest BCUT2D eigenvalue weighted by molar-refractivity contribution is -0.131. The third kappa shape index (κ3) is 3.67. The summed E-state index contributed by atoms with van der Waals surface area (Å²) in [5.41, 5.74) is 1.73. The first-order valence-electron chi connectivity index (χ1n) is 5.76. The van der Waals surface area contributed by atoms with Crippen LogP contribution in [0.3, 0.4) is 0 Å². The van der Waals surface area contributed by atoms with Crippen LogP contribution in [-0.2, 0) is 16.0 Å². The molecule has 6 nitrogen and oxygen atoms in total. The summed E-state index contributed by atoms with van der Waals surface area (Å²) in [5.74, 6) is -1.57. The zero-order valence-corrected chi connectivity index (χ0v) is 10.1. The number of imidazole rings is 1. The van der Waals surface area contributed by atoms with E-state index in [0.29, 0.717) is 13.0 Å². The van der Waals surface area contributed by atoms with E-state index in [1.165, 1.54) is 0 Å². The van der Waals surface area contributed by atoms with Crippen LogP contribution in [0.15, 0.2) is 42.7 Å². The van der Waals surface area contributed by atoms with Gasteiger partial charge in [0.05, 0.1) is 5.69 Å². The fourth-order valence-corrected chi connectivity index (χ4v) is 1.63. The Morgan fingerprint density at radius 1 is 1.37 bits per heavy atom. The number of hydrogen-bond acceptors (Lipinski definition) is 3. The number of carbonyl (C=O) groups is 2. The van der Waals surface area contributed by atoms with Crippen molar-refractivity contribution < 1.29 is 14.7 Å². The smallest absolute Gasteiger partial charge is 0.328 e. The highest BCUT2D eigenvalue weighted by Gasteiger charge is 2.01. The van der Waals surface area contributed by atoms with Gasteiger partial charge in [0, 0.05) is 37.5 Å². The van der Waals surface area contributed by atoms with Gasteiger partial charge in [-0.2, -0.15) is 0 Å². The van der Waals surface area contributed by atoms with E-state index in [1.807, 2.05) is 35.0 Å². The number of rotatable bonds is 5. The van der Waals surface area contributed by atoms with Crippen molar-refractivity contribution in [1.82, 2.24) is 14.7 Å². The number of hydrogen-bond donors (Lipinski definition) is 2. The van der Waals surface area contributed by atoms with Gasteiger partial charge in [-0.05, 0) is 12.1 Å². The maximum atomic E-state index is 11.2. The molecule has 19 heavy (non-hydrogen) atoms. The molecule has 0 radical (unpaired) electrons. The Labute approximate surface area is 109 Å². The highest BCUT2D eigenvalue weighted by atomic mass is 16.4. The molecule has 0 atom stereocenters. The fourth-order valence-electron chi connectivity index (χ4n) is 1.63. The van der Waals surface area contributed by atoms with Crippen LogP contribution >= 0.6 is 0 Å². The summed E-state index contributed by atoms with van der Waals surface area (Å²) in [5, 5.41) is 11.0. The van der Waals surface area contributed by atoms with Crippen molar-refractivity contribution in [2.45, 2.75) is 6.42 Å². The van der Waals surface area contributed by atoms with E-state index in [4.69, 9.17) is 5.11 Å². The SMILES string of the molecule is O=C(O)/C=C/C(=O)NCCc1cn2ccccc2n1. The van der Waals surface area contributed by atoms with Crippen LogP contribution in [0.5, 0.6) is 0 Å². The predicted molar refractivity (Wildman–Crippen MR) is 68.7 cm³/mol. The molecule has 0 unspecified atom stereocenters. The Bertz CT molecular complexity index is 598. The number of carbonyl (C=O) groups excluding carboxylic acids is 1. The number of nitrogens with zero attached hydrogens (tertiary/aromatic N) is 2. The molecule has 0 aliphatic carbocycles. The minimum absolute atomic E-state index is 0.409. The van der Waals surface area contributed by atoms with Gasteiger partial charge in [-0.15, -0.1) is 0 Å². The predicted octanol–water partition coefficient (Wildman–Crippen LogP) is 0.634. The van der Waals surface area contributed by atoms with Crippen LogP contribution in [0.1, 0.15) is 5.69 Å². The van der Waals surface area contributed by atoms with E-state index in [9.17, 15) is 9.59 Å².